The van der Waals surface area contributed by atoms with Gasteiger partial charge in [0.1, 0.15) is 0 Å². The van der Waals surface area contributed by atoms with Crippen molar-refractivity contribution in [1.82, 2.24) is 0 Å². The fourth-order valence-electron chi connectivity index (χ4n) is 2.49. The van der Waals surface area contributed by atoms with Crippen molar-refractivity contribution in [3.8, 4) is 0 Å². The van der Waals surface area contributed by atoms with Gasteiger partial charge in [-0.05, 0) is 0 Å². The molecule has 0 unspecified atom stereocenters. The first-order chi connectivity index (χ1) is 11.6. The molecule has 7 heteroatoms. The molecule has 0 amide bonds. The predicted octanol–water partition coefficient (Wildman–Crippen LogP) is 0.816. The van der Waals surface area contributed by atoms with E-state index in [1.165, 1.54) is 54.7 Å². The molecule has 1 aromatic carbocycles. The average molecular weight is 443 g/mol. The fraction of sp³-hybridized carbons (Fsp3) is 0.667. The zero-order valence-electron chi connectivity index (χ0n) is 15.3. The number of hydrogen-bond acceptors (Lipinski definition) is 4. The van der Waals surface area contributed by atoms with E-state index in [-0.39, 0.29) is 36.2 Å². The first-order valence-electron chi connectivity index (χ1n) is 8.86. The van der Waals surface area contributed by atoms with Gasteiger partial charge in [0.25, 0.3) is 0 Å². The maximum Gasteiger partial charge on any atom is 1.00 e. The van der Waals surface area contributed by atoms with Gasteiger partial charge in [-0.3, -0.25) is 4.18 Å². The van der Waals surface area contributed by atoms with Gasteiger partial charge in [0.05, 0.1) is 0 Å². The van der Waals surface area contributed by atoms with Crippen LogP contribution in [0.3, 0.4) is 0 Å². The maximum absolute atomic E-state index is 10.2. The molecule has 0 aliphatic rings. The summed E-state index contributed by atoms with van der Waals surface area (Å²) in [5.74, 6) is 0. The Hall–Kier alpha value is 0.609. The van der Waals surface area contributed by atoms with E-state index < -0.39 is 10.4 Å². The first kappa shape index (κ1) is 25.6. The van der Waals surface area contributed by atoms with Crippen molar-refractivity contribution < 1.29 is 46.7 Å². The van der Waals surface area contributed by atoms with Gasteiger partial charge < -0.3 is 4.55 Å². The summed E-state index contributed by atoms with van der Waals surface area (Å²) in [5.41, 5.74) is 0. The molecule has 25 heavy (non-hydrogen) atoms. The van der Waals surface area contributed by atoms with E-state index in [9.17, 15) is 13.0 Å². The number of hydrogen-bond donors (Lipinski definition) is 0. The smallest absolute Gasteiger partial charge is 1.00 e. The monoisotopic (exact) mass is 444 g/mol. The minimum absolute atomic E-state index is 0. The minimum atomic E-state index is -4.50. The Kier molecular flexibility index (Phi) is 17.2. The summed E-state index contributed by atoms with van der Waals surface area (Å²) in [4.78, 5) is 0. The third kappa shape index (κ3) is 17.8. The van der Waals surface area contributed by atoms with Crippen LogP contribution in [0.4, 0.5) is 0 Å². The summed E-state index contributed by atoms with van der Waals surface area (Å²) in [7, 11) is -4.50. The van der Waals surface area contributed by atoms with E-state index in [4.69, 9.17) is 0 Å². The van der Waals surface area contributed by atoms with Gasteiger partial charge in [-0.1, -0.05) is 0 Å². The Morgan fingerprint density at radius 3 is 1.80 bits per heavy atom. The molecule has 0 aliphatic carbocycles. The van der Waals surface area contributed by atoms with Crippen LogP contribution in [0, 0.1) is 0 Å². The predicted molar refractivity (Wildman–Crippen MR) is 98.5 cm³/mol. The fourth-order valence-corrected chi connectivity index (χ4v) is 4.77. The molecule has 0 aromatic heterocycles. The first-order valence-corrected chi connectivity index (χ1v) is 12.3. The van der Waals surface area contributed by atoms with Crippen molar-refractivity contribution in [3.05, 3.63) is 30.3 Å². The SMILES string of the molecule is O=S(=O)([O-])OCCCCCCCCCCCC[Se]c1ccccc1.[Na+]. The molecule has 0 spiro atoms. The van der Waals surface area contributed by atoms with E-state index in [0.717, 1.165) is 12.8 Å². The topological polar surface area (TPSA) is 66.4 Å². The van der Waals surface area contributed by atoms with Gasteiger partial charge in [-0.15, -0.1) is 0 Å². The second-order valence-electron chi connectivity index (χ2n) is 5.93. The van der Waals surface area contributed by atoms with Crippen LogP contribution in [0.5, 0.6) is 0 Å². The van der Waals surface area contributed by atoms with Crippen LogP contribution in [0.1, 0.15) is 64.2 Å². The van der Waals surface area contributed by atoms with Gasteiger partial charge in [-0.25, -0.2) is 8.42 Å². The van der Waals surface area contributed by atoms with Crippen LogP contribution in [-0.4, -0.2) is 34.5 Å². The van der Waals surface area contributed by atoms with Gasteiger partial charge in [0.15, 0.2) is 0 Å². The van der Waals surface area contributed by atoms with Crippen molar-refractivity contribution in [2.45, 2.75) is 69.5 Å². The van der Waals surface area contributed by atoms with Crippen molar-refractivity contribution in [1.29, 1.82) is 0 Å². The van der Waals surface area contributed by atoms with Crippen LogP contribution in [-0.2, 0) is 14.6 Å². The van der Waals surface area contributed by atoms with Crippen LogP contribution in [0.15, 0.2) is 30.3 Å². The minimum Gasteiger partial charge on any atom is 1.00 e. The summed E-state index contributed by atoms with van der Waals surface area (Å²) >= 11 is 0.635. The van der Waals surface area contributed by atoms with Gasteiger partial charge in [0, 0.05) is 0 Å². The van der Waals surface area contributed by atoms with Gasteiger partial charge in [-0.2, -0.15) is 0 Å². The van der Waals surface area contributed by atoms with Crippen molar-refractivity contribution in [2.24, 2.45) is 0 Å². The van der Waals surface area contributed by atoms with E-state index >= 15 is 0 Å². The van der Waals surface area contributed by atoms with Gasteiger partial charge in [0.2, 0.25) is 10.4 Å². The second kappa shape index (κ2) is 16.8. The van der Waals surface area contributed by atoms with Crippen molar-refractivity contribution in [3.63, 3.8) is 0 Å². The zero-order valence-corrected chi connectivity index (χ0v) is 19.9. The molecule has 0 fully saturated rings. The standard InChI is InChI=1S/C18H30O4SSe.Na/c19-23(20,21)22-16-12-7-5-3-1-2-4-6-8-13-17-24-18-14-10-9-11-15-18;/h9-11,14-15H,1-8,12-13,16-17H2,(H,19,20,21);/q;+1/p-1. The molecule has 0 saturated carbocycles. The number of rotatable bonds is 15. The number of unbranched alkanes of at least 4 members (excludes halogenated alkanes) is 9. The van der Waals surface area contributed by atoms with E-state index in [2.05, 4.69) is 34.5 Å². The Morgan fingerprint density at radius 2 is 1.28 bits per heavy atom. The Bertz CT molecular complexity index is 511. The van der Waals surface area contributed by atoms with E-state index in [1.54, 1.807) is 0 Å². The molecular weight excluding hydrogens is 414 g/mol. The van der Waals surface area contributed by atoms with Crippen LogP contribution in [0.25, 0.3) is 0 Å². The second-order valence-corrected chi connectivity index (χ2v) is 9.43. The third-order valence-corrected chi connectivity index (χ3v) is 6.54. The molecule has 1 rings (SSSR count). The van der Waals surface area contributed by atoms with E-state index in [1.807, 2.05) is 0 Å². The van der Waals surface area contributed by atoms with E-state index in [0.29, 0.717) is 21.4 Å². The average Bonchev–Trinajstić information content (AvgIpc) is 2.55. The third-order valence-electron chi connectivity index (χ3n) is 3.78. The summed E-state index contributed by atoms with van der Waals surface area (Å²) in [6.07, 6.45) is 11.7. The molecule has 0 heterocycles. The molecule has 0 radical (unpaired) electrons. The molecular formula is C18H29NaO4SSe. The molecule has 0 bridgehead atoms. The zero-order chi connectivity index (χ0) is 17.5. The Labute approximate surface area is 181 Å². The maximum atomic E-state index is 10.2. The van der Waals surface area contributed by atoms with Gasteiger partial charge >= 0.3 is 155 Å². The van der Waals surface area contributed by atoms with Crippen LogP contribution < -0.4 is 34.0 Å². The molecule has 0 atom stereocenters. The Morgan fingerprint density at radius 1 is 0.800 bits per heavy atom. The quantitative estimate of drug-likeness (QED) is 0.174. The molecule has 0 N–H and O–H groups in total. The summed E-state index contributed by atoms with van der Waals surface area (Å²) in [6.45, 7) is 0.0241. The Balaban J connectivity index is 0.00000576. The summed E-state index contributed by atoms with van der Waals surface area (Å²) < 4.78 is 36.4. The van der Waals surface area contributed by atoms with Crippen LogP contribution in [0.2, 0.25) is 5.32 Å². The molecule has 0 saturated heterocycles. The van der Waals surface area contributed by atoms with Crippen molar-refractivity contribution in [2.75, 3.05) is 6.61 Å². The van der Waals surface area contributed by atoms with Crippen LogP contribution >= 0.6 is 0 Å². The number of benzene rings is 1. The molecule has 1 aromatic rings. The molecule has 4 nitrogen and oxygen atoms in total. The normalized spacial score (nSPS) is 11.2. The summed E-state index contributed by atoms with van der Waals surface area (Å²) in [5, 5.41) is 1.35. The van der Waals surface area contributed by atoms with Crippen molar-refractivity contribution >= 4 is 29.8 Å². The summed E-state index contributed by atoms with van der Waals surface area (Å²) in [6, 6.07) is 10.8. The molecule has 0 aliphatic heterocycles. The largest absolute Gasteiger partial charge is 1.00 e. The molecule has 138 valence electrons.